The maximum atomic E-state index is 12.9. The smallest absolute Gasteiger partial charge is 0.269 e. The Bertz CT molecular complexity index is 717. The van der Waals surface area contributed by atoms with E-state index in [0.29, 0.717) is 18.3 Å². The van der Waals surface area contributed by atoms with Gasteiger partial charge in [-0.05, 0) is 68.1 Å². The Hall–Kier alpha value is -1.99. The number of piperidine rings is 1. The quantitative estimate of drug-likeness (QED) is 0.466. The van der Waals surface area contributed by atoms with Gasteiger partial charge in [-0.3, -0.25) is 15.0 Å². The molecule has 2 aromatic carbocycles. The molecule has 0 N–H and O–H groups in total. The van der Waals surface area contributed by atoms with Crippen molar-refractivity contribution >= 4 is 22.7 Å². The van der Waals surface area contributed by atoms with Crippen LogP contribution in [0.25, 0.3) is 0 Å². The summed E-state index contributed by atoms with van der Waals surface area (Å²) in [5, 5.41) is 10.7. The molecule has 0 aliphatic carbocycles. The van der Waals surface area contributed by atoms with Gasteiger partial charge in [-0.15, -0.1) is 17.0 Å². The topological polar surface area (TPSA) is 55.6 Å². The Morgan fingerprint density at radius 3 is 2.30 bits per heavy atom. The molecule has 0 bridgehead atoms. The van der Waals surface area contributed by atoms with Crippen LogP contribution in [-0.2, 0) is 6.42 Å². The standard InChI is InChI=1S/C20H23FN2O3.BrH/c21-18-3-7-20(8-4-18)26-14-13-22-11-9-17(10-12-22)15-16-1-5-19(6-2-16)23(24)25;/h1-8,17H,9-15H2;1H. The number of nitro groups is 1. The first-order chi connectivity index (χ1) is 12.6. The van der Waals surface area contributed by atoms with Crippen LogP contribution in [0, 0.1) is 21.8 Å². The van der Waals surface area contributed by atoms with E-state index in [4.69, 9.17) is 4.74 Å². The molecule has 2 aromatic rings. The van der Waals surface area contributed by atoms with Crippen LogP contribution in [0.2, 0.25) is 0 Å². The van der Waals surface area contributed by atoms with Crippen molar-refractivity contribution in [3.05, 3.63) is 70.0 Å². The third kappa shape index (κ3) is 6.59. The van der Waals surface area contributed by atoms with E-state index in [2.05, 4.69) is 4.90 Å². The molecule has 1 aliphatic heterocycles. The molecule has 1 heterocycles. The first-order valence-electron chi connectivity index (χ1n) is 8.94. The van der Waals surface area contributed by atoms with E-state index in [9.17, 15) is 14.5 Å². The van der Waals surface area contributed by atoms with Gasteiger partial charge in [0.25, 0.3) is 5.69 Å². The van der Waals surface area contributed by atoms with Crippen molar-refractivity contribution in [2.75, 3.05) is 26.2 Å². The number of hydrogen-bond acceptors (Lipinski definition) is 4. The minimum absolute atomic E-state index is 0. The summed E-state index contributed by atoms with van der Waals surface area (Å²) in [6.07, 6.45) is 3.21. The van der Waals surface area contributed by atoms with Gasteiger partial charge < -0.3 is 4.74 Å². The molecule has 0 aromatic heterocycles. The molecule has 0 amide bonds. The van der Waals surface area contributed by atoms with Crippen LogP contribution in [0.1, 0.15) is 18.4 Å². The van der Waals surface area contributed by atoms with Crippen LogP contribution in [-0.4, -0.2) is 36.1 Å². The number of benzene rings is 2. The second-order valence-corrected chi connectivity index (χ2v) is 6.72. The summed E-state index contributed by atoms with van der Waals surface area (Å²) in [6.45, 7) is 3.52. The Labute approximate surface area is 169 Å². The van der Waals surface area contributed by atoms with E-state index in [1.807, 2.05) is 12.1 Å². The van der Waals surface area contributed by atoms with Crippen LogP contribution >= 0.6 is 17.0 Å². The van der Waals surface area contributed by atoms with E-state index < -0.39 is 0 Å². The van der Waals surface area contributed by atoms with E-state index in [0.717, 1.165) is 44.5 Å². The summed E-state index contributed by atoms with van der Waals surface area (Å²) in [5.74, 6) is 1.05. The summed E-state index contributed by atoms with van der Waals surface area (Å²) in [6, 6.07) is 13.0. The number of rotatable bonds is 7. The highest BCUT2D eigenvalue weighted by Gasteiger charge is 2.19. The molecule has 7 heteroatoms. The van der Waals surface area contributed by atoms with E-state index in [1.165, 1.54) is 12.1 Å². The number of ether oxygens (including phenoxy) is 1. The Balaban J connectivity index is 0.00000261. The lowest BCUT2D eigenvalue weighted by Crippen LogP contribution is -2.37. The second-order valence-electron chi connectivity index (χ2n) is 6.72. The Morgan fingerprint density at radius 1 is 1.07 bits per heavy atom. The van der Waals surface area contributed by atoms with Gasteiger partial charge in [-0.1, -0.05) is 12.1 Å². The minimum atomic E-state index is -0.365. The van der Waals surface area contributed by atoms with Crippen molar-refractivity contribution in [1.29, 1.82) is 0 Å². The molecule has 0 unspecified atom stereocenters. The summed E-state index contributed by atoms with van der Waals surface area (Å²) >= 11 is 0. The van der Waals surface area contributed by atoms with Crippen molar-refractivity contribution in [3.63, 3.8) is 0 Å². The van der Waals surface area contributed by atoms with Crippen LogP contribution in [0.3, 0.4) is 0 Å². The predicted octanol–water partition coefficient (Wildman–Crippen LogP) is 4.65. The maximum absolute atomic E-state index is 12.9. The average Bonchev–Trinajstić information content (AvgIpc) is 2.65. The number of halogens is 2. The van der Waals surface area contributed by atoms with Gasteiger partial charge in [0, 0.05) is 18.7 Å². The van der Waals surface area contributed by atoms with Crippen molar-refractivity contribution in [1.82, 2.24) is 4.90 Å². The van der Waals surface area contributed by atoms with Crippen LogP contribution in [0.15, 0.2) is 48.5 Å². The van der Waals surface area contributed by atoms with Gasteiger partial charge >= 0.3 is 0 Å². The second kappa shape index (κ2) is 10.4. The average molecular weight is 439 g/mol. The first kappa shape index (κ1) is 21.3. The third-order valence-electron chi connectivity index (χ3n) is 4.87. The summed E-state index contributed by atoms with van der Waals surface area (Å²) in [5.41, 5.74) is 1.30. The monoisotopic (exact) mass is 438 g/mol. The molecular weight excluding hydrogens is 415 g/mol. The third-order valence-corrected chi connectivity index (χ3v) is 4.87. The lowest BCUT2D eigenvalue weighted by atomic mass is 9.90. The maximum Gasteiger partial charge on any atom is 0.269 e. The lowest BCUT2D eigenvalue weighted by Gasteiger charge is -2.31. The highest BCUT2D eigenvalue weighted by atomic mass is 79.9. The molecule has 0 radical (unpaired) electrons. The summed E-state index contributed by atoms with van der Waals surface area (Å²) in [7, 11) is 0. The van der Waals surface area contributed by atoms with E-state index >= 15 is 0 Å². The Kier molecular flexibility index (Phi) is 8.19. The van der Waals surface area contributed by atoms with Crippen LogP contribution < -0.4 is 4.74 Å². The molecule has 146 valence electrons. The normalized spacial score (nSPS) is 15.1. The fraction of sp³-hybridized carbons (Fsp3) is 0.400. The highest BCUT2D eigenvalue weighted by Crippen LogP contribution is 2.23. The van der Waals surface area contributed by atoms with Crippen molar-refractivity contribution < 1.29 is 14.1 Å². The molecule has 1 fully saturated rings. The molecular formula is C20H24BrFN2O3. The van der Waals surface area contributed by atoms with Gasteiger partial charge in [-0.25, -0.2) is 4.39 Å². The Morgan fingerprint density at radius 2 is 1.70 bits per heavy atom. The number of non-ortho nitro benzene ring substituents is 1. The molecule has 3 rings (SSSR count). The first-order valence-corrected chi connectivity index (χ1v) is 8.94. The molecule has 1 saturated heterocycles. The van der Waals surface area contributed by atoms with Crippen LogP contribution in [0.4, 0.5) is 10.1 Å². The van der Waals surface area contributed by atoms with E-state index in [1.54, 1.807) is 24.3 Å². The zero-order valence-corrected chi connectivity index (χ0v) is 16.8. The predicted molar refractivity (Wildman–Crippen MR) is 108 cm³/mol. The number of nitrogens with zero attached hydrogens (tertiary/aromatic N) is 2. The number of nitro benzene ring substituents is 1. The van der Waals surface area contributed by atoms with E-state index in [-0.39, 0.29) is 33.4 Å². The summed E-state index contributed by atoms with van der Waals surface area (Å²) < 4.78 is 18.5. The summed E-state index contributed by atoms with van der Waals surface area (Å²) in [4.78, 5) is 12.7. The minimum Gasteiger partial charge on any atom is -0.492 e. The van der Waals surface area contributed by atoms with Gasteiger partial charge in [0.1, 0.15) is 18.2 Å². The van der Waals surface area contributed by atoms with Gasteiger partial charge in [0.15, 0.2) is 0 Å². The number of hydrogen-bond donors (Lipinski definition) is 0. The molecule has 5 nitrogen and oxygen atoms in total. The molecule has 1 aliphatic rings. The highest BCUT2D eigenvalue weighted by molar-refractivity contribution is 8.93. The molecule has 0 saturated carbocycles. The zero-order valence-electron chi connectivity index (χ0n) is 15.1. The molecule has 0 atom stereocenters. The SMILES string of the molecule is Br.O=[N+]([O-])c1ccc(CC2CCN(CCOc3ccc(F)cc3)CC2)cc1. The number of likely N-dealkylation sites (tertiary alicyclic amines) is 1. The lowest BCUT2D eigenvalue weighted by molar-refractivity contribution is -0.384. The van der Waals surface area contributed by atoms with Crippen molar-refractivity contribution in [3.8, 4) is 5.75 Å². The zero-order chi connectivity index (χ0) is 18.4. The largest absolute Gasteiger partial charge is 0.492 e. The van der Waals surface area contributed by atoms with Crippen LogP contribution in [0.5, 0.6) is 5.75 Å². The van der Waals surface area contributed by atoms with Crippen molar-refractivity contribution in [2.24, 2.45) is 5.92 Å². The van der Waals surface area contributed by atoms with Gasteiger partial charge in [-0.2, -0.15) is 0 Å². The fourth-order valence-electron chi connectivity index (χ4n) is 3.32. The fourth-order valence-corrected chi connectivity index (χ4v) is 3.32. The van der Waals surface area contributed by atoms with Gasteiger partial charge in [0.05, 0.1) is 4.92 Å². The van der Waals surface area contributed by atoms with Crippen molar-refractivity contribution in [2.45, 2.75) is 19.3 Å². The van der Waals surface area contributed by atoms with Gasteiger partial charge in [0.2, 0.25) is 0 Å². The molecule has 27 heavy (non-hydrogen) atoms. The molecule has 0 spiro atoms.